The van der Waals surface area contributed by atoms with E-state index in [0.29, 0.717) is 4.32 Å². The molecule has 0 saturated heterocycles. The molecule has 0 fully saturated rings. The quantitative estimate of drug-likeness (QED) is 0.800. The van der Waals surface area contributed by atoms with Crippen LogP contribution in [0, 0.1) is 0 Å². The number of hydrogen-bond donors (Lipinski definition) is 1. The Bertz CT molecular complexity index is 350. The zero-order chi connectivity index (χ0) is 9.80. The second-order valence-electron chi connectivity index (χ2n) is 2.82. The average Bonchev–Trinajstić information content (AvgIpc) is 2.63. The lowest BCUT2D eigenvalue weighted by Gasteiger charge is -2.06. The van der Waals surface area contributed by atoms with Crippen molar-refractivity contribution in [2.24, 2.45) is 10.2 Å². The largest absolute Gasteiger partial charge is 0.281 e. The number of rotatable bonds is 3. The van der Waals surface area contributed by atoms with Crippen molar-refractivity contribution in [2.75, 3.05) is 0 Å². The molecule has 1 aliphatic heterocycles. The van der Waals surface area contributed by atoms with Gasteiger partial charge in [0, 0.05) is 6.54 Å². The Morgan fingerprint density at radius 2 is 2.14 bits per heavy atom. The van der Waals surface area contributed by atoms with Crippen molar-refractivity contribution in [1.29, 1.82) is 0 Å². The molecule has 72 valence electrons. The van der Waals surface area contributed by atoms with E-state index in [9.17, 15) is 0 Å². The molecule has 1 heterocycles. The van der Waals surface area contributed by atoms with Crippen molar-refractivity contribution in [3.05, 3.63) is 35.9 Å². The molecular formula is C9H9N3S2. The van der Waals surface area contributed by atoms with Crippen LogP contribution >= 0.6 is 24.0 Å². The van der Waals surface area contributed by atoms with Gasteiger partial charge in [-0.25, -0.2) is 0 Å². The van der Waals surface area contributed by atoms with E-state index in [4.69, 9.17) is 12.2 Å². The van der Waals surface area contributed by atoms with Crippen LogP contribution in [-0.2, 0) is 6.54 Å². The number of thiocarbonyl (C=S) groups is 1. The molecule has 1 aromatic carbocycles. The van der Waals surface area contributed by atoms with Crippen LogP contribution in [0.3, 0.4) is 0 Å². The van der Waals surface area contributed by atoms with Gasteiger partial charge in [-0.05, 0) is 29.5 Å². The third-order valence-electron chi connectivity index (χ3n) is 1.78. The molecule has 0 aliphatic carbocycles. The Morgan fingerprint density at radius 1 is 1.36 bits per heavy atom. The molecule has 5 heteroatoms. The Kier molecular flexibility index (Phi) is 3.23. The number of thioether (sulfide) groups is 1. The standard InChI is InChI=1S/C9H9N3S2/c13-9-12-11-8(14-9)10-6-7-4-2-1-3-5-7/h1-5,8,10H,6H2. The first kappa shape index (κ1) is 9.76. The molecule has 0 radical (unpaired) electrons. The maximum Gasteiger partial charge on any atom is 0.185 e. The third kappa shape index (κ3) is 2.60. The minimum atomic E-state index is -0.0114. The number of hydrogen-bond acceptors (Lipinski definition) is 4. The van der Waals surface area contributed by atoms with Crippen molar-refractivity contribution in [2.45, 2.75) is 12.0 Å². The Balaban J connectivity index is 1.84. The molecule has 1 aromatic rings. The number of azo groups is 1. The van der Waals surface area contributed by atoms with Gasteiger partial charge in [-0.15, -0.1) is 5.11 Å². The molecule has 0 spiro atoms. The van der Waals surface area contributed by atoms with Crippen molar-refractivity contribution in [3.8, 4) is 0 Å². The molecule has 1 atom stereocenters. The summed E-state index contributed by atoms with van der Waals surface area (Å²) in [5.74, 6) is 0. The number of nitrogens with zero attached hydrogens (tertiary/aromatic N) is 2. The molecule has 14 heavy (non-hydrogen) atoms. The average molecular weight is 223 g/mol. The summed E-state index contributed by atoms with van der Waals surface area (Å²) in [6.45, 7) is 0.792. The molecule has 0 bridgehead atoms. The van der Waals surface area contributed by atoms with Gasteiger partial charge in [0.25, 0.3) is 0 Å². The van der Waals surface area contributed by atoms with Gasteiger partial charge in [0.2, 0.25) is 0 Å². The normalized spacial score (nSPS) is 20.3. The third-order valence-corrected chi connectivity index (χ3v) is 2.92. The predicted octanol–water partition coefficient (Wildman–Crippen LogP) is 2.54. The van der Waals surface area contributed by atoms with E-state index in [1.165, 1.54) is 17.3 Å². The van der Waals surface area contributed by atoms with Crippen LogP contribution in [-0.4, -0.2) is 9.82 Å². The van der Waals surface area contributed by atoms with Gasteiger partial charge < -0.3 is 0 Å². The lowest BCUT2D eigenvalue weighted by atomic mass is 10.2. The van der Waals surface area contributed by atoms with Gasteiger partial charge >= 0.3 is 0 Å². The van der Waals surface area contributed by atoms with Crippen LogP contribution in [0.5, 0.6) is 0 Å². The van der Waals surface area contributed by atoms with Crippen LogP contribution in [0.2, 0.25) is 0 Å². The first-order valence-corrected chi connectivity index (χ1v) is 5.52. The highest BCUT2D eigenvalue weighted by Crippen LogP contribution is 2.21. The molecule has 1 aliphatic rings. The summed E-state index contributed by atoms with van der Waals surface area (Å²) in [5, 5.41) is 11.0. The topological polar surface area (TPSA) is 36.8 Å². The van der Waals surface area contributed by atoms with Gasteiger partial charge in [-0.3, -0.25) is 5.32 Å². The van der Waals surface area contributed by atoms with Crippen molar-refractivity contribution in [3.63, 3.8) is 0 Å². The van der Waals surface area contributed by atoms with E-state index in [1.54, 1.807) is 0 Å². The number of nitrogens with one attached hydrogen (secondary N) is 1. The highest BCUT2D eigenvalue weighted by atomic mass is 32.2. The lowest BCUT2D eigenvalue weighted by molar-refractivity contribution is 0.658. The summed E-state index contributed by atoms with van der Waals surface area (Å²) in [6.07, 6.45) is 0. The summed E-state index contributed by atoms with van der Waals surface area (Å²) in [4.78, 5) is 0. The highest BCUT2D eigenvalue weighted by Gasteiger charge is 2.15. The van der Waals surface area contributed by atoms with Crippen LogP contribution < -0.4 is 5.32 Å². The highest BCUT2D eigenvalue weighted by molar-refractivity contribution is 8.23. The molecule has 1 N–H and O–H groups in total. The minimum absolute atomic E-state index is 0.0114. The second-order valence-corrected chi connectivity index (χ2v) is 4.53. The maximum absolute atomic E-state index is 4.89. The molecule has 2 rings (SSSR count). The lowest BCUT2D eigenvalue weighted by Crippen LogP contribution is -2.21. The van der Waals surface area contributed by atoms with Crippen molar-refractivity contribution >= 4 is 28.3 Å². The van der Waals surface area contributed by atoms with E-state index < -0.39 is 0 Å². The SMILES string of the molecule is S=C1N=NC(NCc2ccccc2)S1. The van der Waals surface area contributed by atoms with Gasteiger partial charge in [-0.2, -0.15) is 5.11 Å². The summed E-state index contributed by atoms with van der Waals surface area (Å²) >= 11 is 6.36. The number of benzene rings is 1. The molecular weight excluding hydrogens is 214 g/mol. The van der Waals surface area contributed by atoms with Gasteiger partial charge in [0.1, 0.15) is 0 Å². The fraction of sp³-hybridized carbons (Fsp3) is 0.222. The zero-order valence-electron chi connectivity index (χ0n) is 7.38. The van der Waals surface area contributed by atoms with Crippen molar-refractivity contribution < 1.29 is 0 Å². The molecule has 0 aromatic heterocycles. The minimum Gasteiger partial charge on any atom is -0.281 e. The molecule has 3 nitrogen and oxygen atoms in total. The zero-order valence-corrected chi connectivity index (χ0v) is 9.02. The first-order valence-electron chi connectivity index (χ1n) is 4.23. The van der Waals surface area contributed by atoms with Crippen LogP contribution in [0.1, 0.15) is 5.56 Å². The first-order chi connectivity index (χ1) is 6.84. The maximum atomic E-state index is 4.89. The van der Waals surface area contributed by atoms with E-state index in [1.807, 2.05) is 18.2 Å². The Morgan fingerprint density at radius 3 is 2.79 bits per heavy atom. The molecule has 1 unspecified atom stereocenters. The summed E-state index contributed by atoms with van der Waals surface area (Å²) < 4.78 is 0.607. The Labute approximate surface area is 92.0 Å². The van der Waals surface area contributed by atoms with Crippen LogP contribution in [0.15, 0.2) is 40.6 Å². The summed E-state index contributed by atoms with van der Waals surface area (Å²) in [5.41, 5.74) is 1.23. The summed E-state index contributed by atoms with van der Waals surface area (Å²) in [7, 11) is 0. The fourth-order valence-corrected chi connectivity index (χ4v) is 1.99. The van der Waals surface area contributed by atoms with Crippen molar-refractivity contribution in [1.82, 2.24) is 5.32 Å². The van der Waals surface area contributed by atoms with Crippen LogP contribution in [0.25, 0.3) is 0 Å². The van der Waals surface area contributed by atoms with E-state index in [-0.39, 0.29) is 5.50 Å². The van der Waals surface area contributed by atoms with Gasteiger partial charge in [0.15, 0.2) is 9.82 Å². The van der Waals surface area contributed by atoms with E-state index >= 15 is 0 Å². The smallest absolute Gasteiger partial charge is 0.185 e. The molecule has 0 amide bonds. The van der Waals surface area contributed by atoms with Gasteiger partial charge in [0.05, 0.1) is 0 Å². The predicted molar refractivity (Wildman–Crippen MR) is 62.1 cm³/mol. The van der Waals surface area contributed by atoms with E-state index in [0.717, 1.165) is 6.54 Å². The van der Waals surface area contributed by atoms with E-state index in [2.05, 4.69) is 27.7 Å². The Hall–Kier alpha value is -0.780. The fourth-order valence-electron chi connectivity index (χ4n) is 1.13. The van der Waals surface area contributed by atoms with Gasteiger partial charge in [-0.1, -0.05) is 30.3 Å². The molecule has 0 saturated carbocycles. The van der Waals surface area contributed by atoms with Crippen LogP contribution in [0.4, 0.5) is 0 Å². The second kappa shape index (κ2) is 4.63. The summed E-state index contributed by atoms with van der Waals surface area (Å²) in [6, 6.07) is 10.2. The monoisotopic (exact) mass is 223 g/mol.